The summed E-state index contributed by atoms with van der Waals surface area (Å²) >= 11 is 0. The fourth-order valence-corrected chi connectivity index (χ4v) is 1.82. The van der Waals surface area contributed by atoms with Crippen LogP contribution in [0.25, 0.3) is 0 Å². The molecule has 0 bridgehead atoms. The molecule has 0 N–H and O–H groups in total. The molecule has 1 aliphatic rings. The van der Waals surface area contributed by atoms with E-state index in [4.69, 9.17) is 0 Å². The van der Waals surface area contributed by atoms with Crippen LogP contribution in [0.5, 0.6) is 0 Å². The van der Waals surface area contributed by atoms with Gasteiger partial charge in [-0.1, -0.05) is 34.8 Å². The molecule has 0 aliphatic heterocycles. The van der Waals surface area contributed by atoms with Crippen molar-refractivity contribution >= 4 is 7.85 Å². The summed E-state index contributed by atoms with van der Waals surface area (Å²) < 4.78 is 0. The molecule has 0 spiro atoms. The highest BCUT2D eigenvalue weighted by Crippen LogP contribution is 2.27. The van der Waals surface area contributed by atoms with Gasteiger partial charge in [0.15, 0.2) is 0 Å². The van der Waals surface area contributed by atoms with Gasteiger partial charge in [0.1, 0.15) is 7.85 Å². The standard InChI is InChI=1S/C11H17B/c1-3-6-10-8-5-7-9(4-2)11(10)12/h3-4,6H,5,7-8,12H2,1-2H3. The Labute approximate surface area is 76.5 Å². The van der Waals surface area contributed by atoms with Crippen molar-refractivity contribution in [3.63, 3.8) is 0 Å². The van der Waals surface area contributed by atoms with Gasteiger partial charge >= 0.3 is 0 Å². The van der Waals surface area contributed by atoms with Gasteiger partial charge in [-0.25, -0.2) is 0 Å². The number of hydrogen-bond acceptors (Lipinski definition) is 0. The Balaban J connectivity index is 2.95. The van der Waals surface area contributed by atoms with E-state index < -0.39 is 0 Å². The quantitative estimate of drug-likeness (QED) is 0.517. The fourth-order valence-electron chi connectivity index (χ4n) is 1.82. The summed E-state index contributed by atoms with van der Waals surface area (Å²) in [5.74, 6) is 0. The smallest absolute Gasteiger partial charge is 0.0874 e. The third-order valence-electron chi connectivity index (χ3n) is 2.57. The van der Waals surface area contributed by atoms with E-state index in [2.05, 4.69) is 39.9 Å². The molecular formula is C11H17B. The normalized spacial score (nSPS) is 22.7. The second kappa shape index (κ2) is 4.35. The predicted octanol–water partition coefficient (Wildman–Crippen LogP) is 2.58. The first-order chi connectivity index (χ1) is 5.79. The van der Waals surface area contributed by atoms with Crippen LogP contribution in [0.4, 0.5) is 0 Å². The van der Waals surface area contributed by atoms with Crippen LogP contribution in [-0.4, -0.2) is 7.85 Å². The Hall–Kier alpha value is -0.715. The zero-order valence-electron chi connectivity index (χ0n) is 8.35. The van der Waals surface area contributed by atoms with Crippen LogP contribution < -0.4 is 0 Å². The van der Waals surface area contributed by atoms with Gasteiger partial charge in [-0.05, 0) is 33.1 Å². The van der Waals surface area contributed by atoms with Crippen LogP contribution in [0.3, 0.4) is 0 Å². The van der Waals surface area contributed by atoms with Crippen molar-refractivity contribution in [2.24, 2.45) is 0 Å². The molecule has 0 unspecified atom stereocenters. The highest BCUT2D eigenvalue weighted by molar-refractivity contribution is 6.25. The third kappa shape index (κ3) is 1.91. The van der Waals surface area contributed by atoms with Gasteiger partial charge in [-0.2, -0.15) is 0 Å². The molecule has 0 aromatic rings. The first-order valence-electron chi connectivity index (χ1n) is 4.77. The van der Waals surface area contributed by atoms with Crippen molar-refractivity contribution in [3.8, 4) is 0 Å². The summed E-state index contributed by atoms with van der Waals surface area (Å²) in [6, 6.07) is 0. The minimum absolute atomic E-state index is 1.26. The second-order valence-corrected chi connectivity index (χ2v) is 3.32. The number of allylic oxidation sites excluding steroid dienone is 6. The molecule has 0 aromatic carbocycles. The molecule has 0 nitrogen and oxygen atoms in total. The lowest BCUT2D eigenvalue weighted by Gasteiger charge is -2.18. The topological polar surface area (TPSA) is 0 Å². The van der Waals surface area contributed by atoms with E-state index in [1.54, 1.807) is 0 Å². The maximum absolute atomic E-state index is 2.25. The Kier molecular flexibility index (Phi) is 3.39. The van der Waals surface area contributed by atoms with E-state index in [-0.39, 0.29) is 0 Å². The maximum atomic E-state index is 2.25. The van der Waals surface area contributed by atoms with Gasteiger partial charge in [0.05, 0.1) is 0 Å². The van der Waals surface area contributed by atoms with Gasteiger partial charge in [0.25, 0.3) is 0 Å². The molecule has 12 heavy (non-hydrogen) atoms. The van der Waals surface area contributed by atoms with E-state index in [1.807, 2.05) is 0 Å². The van der Waals surface area contributed by atoms with E-state index in [9.17, 15) is 0 Å². The first-order valence-corrected chi connectivity index (χ1v) is 4.77. The molecule has 0 saturated heterocycles. The molecule has 0 saturated carbocycles. The van der Waals surface area contributed by atoms with Crippen molar-refractivity contribution in [2.45, 2.75) is 33.1 Å². The molecule has 0 amide bonds. The monoisotopic (exact) mass is 160 g/mol. The molecule has 0 radical (unpaired) electrons. The van der Waals surface area contributed by atoms with Gasteiger partial charge in [-0.15, -0.1) is 0 Å². The lowest BCUT2D eigenvalue weighted by Crippen LogP contribution is -2.01. The Morgan fingerprint density at radius 2 is 2.00 bits per heavy atom. The van der Waals surface area contributed by atoms with Gasteiger partial charge in [-0.3, -0.25) is 0 Å². The molecule has 0 heterocycles. The summed E-state index contributed by atoms with van der Waals surface area (Å²) in [6.45, 7) is 4.22. The first kappa shape index (κ1) is 9.37. The van der Waals surface area contributed by atoms with Crippen LogP contribution >= 0.6 is 0 Å². The van der Waals surface area contributed by atoms with Gasteiger partial charge in [0, 0.05) is 0 Å². The third-order valence-corrected chi connectivity index (χ3v) is 2.57. The van der Waals surface area contributed by atoms with Crippen LogP contribution in [0.2, 0.25) is 0 Å². The lowest BCUT2D eigenvalue weighted by molar-refractivity contribution is 0.790. The van der Waals surface area contributed by atoms with Crippen molar-refractivity contribution in [1.29, 1.82) is 0 Å². The van der Waals surface area contributed by atoms with E-state index in [0.29, 0.717) is 0 Å². The Bertz CT molecular complexity index is 244. The average Bonchev–Trinajstić information content (AvgIpc) is 2.09. The number of hydrogen-bond donors (Lipinski definition) is 0. The maximum Gasteiger partial charge on any atom is 0.139 e. The van der Waals surface area contributed by atoms with Crippen molar-refractivity contribution in [2.75, 3.05) is 0 Å². The second-order valence-electron chi connectivity index (χ2n) is 3.32. The van der Waals surface area contributed by atoms with Crippen LogP contribution in [0.1, 0.15) is 33.1 Å². The van der Waals surface area contributed by atoms with Crippen LogP contribution in [0.15, 0.2) is 34.8 Å². The summed E-state index contributed by atoms with van der Waals surface area (Å²) in [4.78, 5) is 0. The summed E-state index contributed by atoms with van der Waals surface area (Å²) in [7, 11) is 2.24. The largest absolute Gasteiger partial charge is 0.139 e. The van der Waals surface area contributed by atoms with Crippen LogP contribution in [-0.2, 0) is 0 Å². The Morgan fingerprint density at radius 3 is 2.58 bits per heavy atom. The molecule has 1 heteroatoms. The highest BCUT2D eigenvalue weighted by Gasteiger charge is 2.09. The number of rotatable bonds is 1. The van der Waals surface area contributed by atoms with E-state index >= 15 is 0 Å². The zero-order valence-corrected chi connectivity index (χ0v) is 8.35. The van der Waals surface area contributed by atoms with E-state index in [0.717, 1.165) is 0 Å². The molecule has 64 valence electrons. The predicted molar refractivity (Wildman–Crippen MR) is 58.0 cm³/mol. The van der Waals surface area contributed by atoms with E-state index in [1.165, 1.54) is 35.9 Å². The van der Waals surface area contributed by atoms with Crippen molar-refractivity contribution in [3.05, 3.63) is 34.8 Å². The SMILES string of the molecule is BC1=C(C=CC)CCCC1=CC. The summed E-state index contributed by atoms with van der Waals surface area (Å²) in [5, 5.41) is 0. The molecular weight excluding hydrogens is 143 g/mol. The summed E-state index contributed by atoms with van der Waals surface area (Å²) in [6.07, 6.45) is 10.5. The minimum atomic E-state index is 1.26. The zero-order chi connectivity index (χ0) is 8.97. The summed E-state index contributed by atoms with van der Waals surface area (Å²) in [5.41, 5.74) is 4.56. The van der Waals surface area contributed by atoms with Crippen molar-refractivity contribution in [1.82, 2.24) is 0 Å². The fraction of sp³-hybridized carbons (Fsp3) is 0.455. The Morgan fingerprint density at radius 1 is 1.25 bits per heavy atom. The van der Waals surface area contributed by atoms with Gasteiger partial charge < -0.3 is 0 Å². The van der Waals surface area contributed by atoms with Gasteiger partial charge in [0.2, 0.25) is 0 Å². The van der Waals surface area contributed by atoms with Crippen molar-refractivity contribution < 1.29 is 0 Å². The molecule has 0 fully saturated rings. The lowest BCUT2D eigenvalue weighted by atomic mass is 9.76. The average molecular weight is 160 g/mol. The van der Waals surface area contributed by atoms with Crippen LogP contribution in [0, 0.1) is 0 Å². The molecule has 0 atom stereocenters. The highest BCUT2D eigenvalue weighted by atomic mass is 14.1. The molecule has 1 rings (SSSR count). The molecule has 0 aromatic heterocycles. The minimum Gasteiger partial charge on any atom is -0.0874 e. The molecule has 1 aliphatic carbocycles.